The van der Waals surface area contributed by atoms with Crippen LogP contribution in [-0.4, -0.2) is 12.1 Å². The van der Waals surface area contributed by atoms with Gasteiger partial charge in [-0.2, -0.15) is 5.26 Å². The molecule has 18 heavy (non-hydrogen) atoms. The molecule has 3 heteroatoms. The van der Waals surface area contributed by atoms with Crippen LogP contribution >= 0.6 is 0 Å². The first-order valence-corrected chi connectivity index (χ1v) is 5.80. The minimum Gasteiger partial charge on any atom is -0.497 e. The lowest BCUT2D eigenvalue weighted by molar-refractivity contribution is 0.414. The third kappa shape index (κ3) is 3.08. The van der Waals surface area contributed by atoms with E-state index in [0.29, 0.717) is 5.69 Å². The van der Waals surface area contributed by atoms with Crippen molar-refractivity contribution in [1.29, 1.82) is 5.26 Å². The molecule has 1 heterocycles. The predicted molar refractivity (Wildman–Crippen MR) is 69.4 cm³/mol. The van der Waals surface area contributed by atoms with Gasteiger partial charge in [0.15, 0.2) is 0 Å². The molecule has 2 aromatic rings. The van der Waals surface area contributed by atoms with Crippen molar-refractivity contribution in [1.82, 2.24) is 4.98 Å². The summed E-state index contributed by atoms with van der Waals surface area (Å²) in [6.07, 6.45) is 3.64. The van der Waals surface area contributed by atoms with E-state index >= 15 is 0 Å². The van der Waals surface area contributed by atoms with Gasteiger partial charge < -0.3 is 4.74 Å². The molecule has 0 aliphatic heterocycles. The van der Waals surface area contributed by atoms with Gasteiger partial charge in [-0.1, -0.05) is 18.2 Å². The van der Waals surface area contributed by atoms with Crippen LogP contribution in [-0.2, 0) is 12.8 Å². The Bertz CT molecular complexity index is 538. The molecule has 0 atom stereocenters. The quantitative estimate of drug-likeness (QED) is 0.822. The van der Waals surface area contributed by atoms with Crippen molar-refractivity contribution in [3.63, 3.8) is 0 Å². The lowest BCUT2D eigenvalue weighted by Crippen LogP contribution is -1.93. The number of aromatic nitrogens is 1. The number of hydrogen-bond donors (Lipinski definition) is 0. The van der Waals surface area contributed by atoms with Gasteiger partial charge in [-0.05, 0) is 42.2 Å². The van der Waals surface area contributed by atoms with Crippen molar-refractivity contribution in [2.75, 3.05) is 7.11 Å². The van der Waals surface area contributed by atoms with E-state index in [1.54, 1.807) is 19.4 Å². The lowest BCUT2D eigenvalue weighted by Gasteiger charge is -2.03. The molecule has 2 rings (SSSR count). The van der Waals surface area contributed by atoms with Crippen LogP contribution in [0, 0.1) is 11.3 Å². The summed E-state index contributed by atoms with van der Waals surface area (Å²) >= 11 is 0. The SMILES string of the molecule is COc1ccc(CCc2ccc(C#N)nc2)cc1. The molecule has 0 saturated heterocycles. The Labute approximate surface area is 107 Å². The summed E-state index contributed by atoms with van der Waals surface area (Å²) < 4.78 is 5.12. The fraction of sp³-hybridized carbons (Fsp3) is 0.200. The van der Waals surface area contributed by atoms with E-state index in [-0.39, 0.29) is 0 Å². The van der Waals surface area contributed by atoms with Crippen LogP contribution in [0.15, 0.2) is 42.6 Å². The monoisotopic (exact) mass is 238 g/mol. The largest absolute Gasteiger partial charge is 0.497 e. The van der Waals surface area contributed by atoms with Crippen LogP contribution in [0.25, 0.3) is 0 Å². The van der Waals surface area contributed by atoms with Crippen LogP contribution in [0.5, 0.6) is 5.75 Å². The summed E-state index contributed by atoms with van der Waals surface area (Å²) in [5, 5.41) is 8.66. The van der Waals surface area contributed by atoms with Crippen LogP contribution < -0.4 is 4.74 Å². The first kappa shape index (κ1) is 12.1. The highest BCUT2D eigenvalue weighted by Crippen LogP contribution is 2.13. The molecule has 3 nitrogen and oxygen atoms in total. The summed E-state index contributed by atoms with van der Waals surface area (Å²) in [6, 6.07) is 13.8. The normalized spacial score (nSPS) is 9.78. The van der Waals surface area contributed by atoms with Gasteiger partial charge in [0, 0.05) is 6.20 Å². The number of ether oxygens (including phenoxy) is 1. The zero-order chi connectivity index (χ0) is 12.8. The summed E-state index contributed by atoms with van der Waals surface area (Å²) in [5.41, 5.74) is 2.87. The highest BCUT2D eigenvalue weighted by molar-refractivity contribution is 5.28. The van der Waals surface area contributed by atoms with Crippen molar-refractivity contribution in [3.05, 3.63) is 59.4 Å². The molecule has 0 spiro atoms. The van der Waals surface area contributed by atoms with Crippen molar-refractivity contribution < 1.29 is 4.74 Å². The molecule has 0 amide bonds. The van der Waals surface area contributed by atoms with E-state index in [2.05, 4.69) is 17.1 Å². The first-order chi connectivity index (χ1) is 8.81. The van der Waals surface area contributed by atoms with Gasteiger partial charge in [-0.3, -0.25) is 0 Å². The van der Waals surface area contributed by atoms with E-state index in [1.807, 2.05) is 24.3 Å². The number of methoxy groups -OCH3 is 1. The Balaban J connectivity index is 1.95. The number of benzene rings is 1. The third-order valence-electron chi connectivity index (χ3n) is 2.80. The molecule has 1 aromatic heterocycles. The van der Waals surface area contributed by atoms with Crippen LogP contribution in [0.3, 0.4) is 0 Å². The molecular formula is C15H14N2O. The highest BCUT2D eigenvalue weighted by atomic mass is 16.5. The van der Waals surface area contributed by atoms with E-state index in [1.165, 1.54) is 5.56 Å². The van der Waals surface area contributed by atoms with Gasteiger partial charge in [0.05, 0.1) is 7.11 Å². The van der Waals surface area contributed by atoms with Gasteiger partial charge in [0.1, 0.15) is 17.5 Å². The minimum absolute atomic E-state index is 0.461. The molecule has 0 bridgehead atoms. The van der Waals surface area contributed by atoms with Gasteiger partial charge in [0.2, 0.25) is 0 Å². The second-order valence-corrected chi connectivity index (χ2v) is 4.01. The molecule has 0 fully saturated rings. The van der Waals surface area contributed by atoms with Crippen LogP contribution in [0.1, 0.15) is 16.8 Å². The average Bonchev–Trinajstić information content (AvgIpc) is 2.46. The summed E-state index contributed by atoms with van der Waals surface area (Å²) in [7, 11) is 1.66. The molecule has 90 valence electrons. The van der Waals surface area contributed by atoms with Gasteiger partial charge in [0.25, 0.3) is 0 Å². The zero-order valence-corrected chi connectivity index (χ0v) is 10.3. The van der Waals surface area contributed by atoms with Crippen molar-refractivity contribution in [2.45, 2.75) is 12.8 Å². The number of pyridine rings is 1. The molecule has 0 aliphatic carbocycles. The number of nitrogens with zero attached hydrogens (tertiary/aromatic N) is 2. The maximum atomic E-state index is 8.66. The van der Waals surface area contributed by atoms with Gasteiger partial charge >= 0.3 is 0 Å². The second kappa shape index (κ2) is 5.83. The predicted octanol–water partition coefficient (Wildman–Crippen LogP) is 2.75. The van der Waals surface area contributed by atoms with Crippen molar-refractivity contribution in [3.8, 4) is 11.8 Å². The summed E-state index contributed by atoms with van der Waals surface area (Å²) in [4.78, 5) is 4.06. The summed E-state index contributed by atoms with van der Waals surface area (Å²) in [6.45, 7) is 0. The fourth-order valence-corrected chi connectivity index (χ4v) is 1.72. The average molecular weight is 238 g/mol. The van der Waals surface area contributed by atoms with Crippen molar-refractivity contribution >= 4 is 0 Å². The Kier molecular flexibility index (Phi) is 3.93. The number of aryl methyl sites for hydroxylation is 2. The molecule has 0 radical (unpaired) electrons. The standard InChI is InChI=1S/C15H14N2O/c1-18-15-8-5-12(6-9-15)2-3-13-4-7-14(10-16)17-11-13/h4-9,11H,2-3H2,1H3. The molecule has 0 aliphatic rings. The maximum absolute atomic E-state index is 8.66. The second-order valence-electron chi connectivity index (χ2n) is 4.01. The smallest absolute Gasteiger partial charge is 0.140 e. The molecular weight excluding hydrogens is 224 g/mol. The van der Waals surface area contributed by atoms with Gasteiger partial charge in [-0.15, -0.1) is 0 Å². The summed E-state index contributed by atoms with van der Waals surface area (Å²) in [5.74, 6) is 0.874. The molecule has 0 unspecified atom stereocenters. The zero-order valence-electron chi connectivity index (χ0n) is 10.3. The molecule has 0 saturated carbocycles. The van der Waals surface area contributed by atoms with Crippen LogP contribution in [0.4, 0.5) is 0 Å². The fourth-order valence-electron chi connectivity index (χ4n) is 1.72. The Morgan fingerprint density at radius 3 is 2.28 bits per heavy atom. The Morgan fingerprint density at radius 1 is 1.06 bits per heavy atom. The highest BCUT2D eigenvalue weighted by Gasteiger charge is 1.98. The van der Waals surface area contributed by atoms with Crippen LogP contribution in [0.2, 0.25) is 0 Å². The van der Waals surface area contributed by atoms with Gasteiger partial charge in [-0.25, -0.2) is 4.98 Å². The topological polar surface area (TPSA) is 45.9 Å². The van der Waals surface area contributed by atoms with Crippen molar-refractivity contribution in [2.24, 2.45) is 0 Å². The minimum atomic E-state index is 0.461. The lowest BCUT2D eigenvalue weighted by atomic mass is 10.1. The van der Waals surface area contributed by atoms with E-state index < -0.39 is 0 Å². The number of hydrogen-bond acceptors (Lipinski definition) is 3. The first-order valence-electron chi connectivity index (χ1n) is 5.80. The Morgan fingerprint density at radius 2 is 1.72 bits per heavy atom. The van der Waals surface area contributed by atoms with E-state index in [4.69, 9.17) is 10.00 Å². The molecule has 0 N–H and O–H groups in total. The number of nitriles is 1. The number of rotatable bonds is 4. The van der Waals surface area contributed by atoms with E-state index in [0.717, 1.165) is 24.2 Å². The van der Waals surface area contributed by atoms with E-state index in [9.17, 15) is 0 Å². The maximum Gasteiger partial charge on any atom is 0.140 e. The Hall–Kier alpha value is -2.34. The third-order valence-corrected chi connectivity index (χ3v) is 2.80. The molecule has 1 aromatic carbocycles.